The van der Waals surface area contributed by atoms with Gasteiger partial charge in [0.25, 0.3) is 0 Å². The maximum absolute atomic E-state index is 13.5. The Hall–Kier alpha value is -1.65. The summed E-state index contributed by atoms with van der Waals surface area (Å²) in [6.07, 6.45) is 0. The molecule has 2 aromatic rings. The summed E-state index contributed by atoms with van der Waals surface area (Å²) in [5.41, 5.74) is 0.763. The van der Waals surface area contributed by atoms with Gasteiger partial charge >= 0.3 is 0 Å². The molecule has 0 fully saturated rings. The molecule has 0 bridgehead atoms. The average Bonchev–Trinajstić information content (AvgIpc) is 2.38. The SMILES string of the molecule is CNCc1cc(Cl)ccc1Oc1cccc(F)c1F. The minimum atomic E-state index is -1.01. The summed E-state index contributed by atoms with van der Waals surface area (Å²) in [6.45, 7) is 0.507. The van der Waals surface area contributed by atoms with Gasteiger partial charge in [-0.05, 0) is 37.4 Å². The summed E-state index contributed by atoms with van der Waals surface area (Å²) in [6, 6.07) is 8.77. The zero-order valence-corrected chi connectivity index (χ0v) is 11.0. The molecule has 0 aliphatic carbocycles. The Balaban J connectivity index is 2.35. The van der Waals surface area contributed by atoms with Crippen molar-refractivity contribution in [2.75, 3.05) is 7.05 Å². The molecule has 0 aliphatic rings. The molecular formula is C14H12ClF2NO. The van der Waals surface area contributed by atoms with Crippen molar-refractivity contribution < 1.29 is 13.5 Å². The minimum absolute atomic E-state index is 0.153. The first-order chi connectivity index (χ1) is 9.11. The van der Waals surface area contributed by atoms with Crippen molar-refractivity contribution >= 4 is 11.6 Å². The molecule has 0 saturated carbocycles. The third kappa shape index (κ3) is 3.22. The smallest absolute Gasteiger partial charge is 0.201 e. The van der Waals surface area contributed by atoms with E-state index in [1.165, 1.54) is 12.1 Å². The number of benzene rings is 2. The quantitative estimate of drug-likeness (QED) is 0.911. The third-order valence-electron chi connectivity index (χ3n) is 2.53. The maximum atomic E-state index is 13.5. The summed E-state index contributed by atoms with van der Waals surface area (Å²) in [5, 5.41) is 3.51. The van der Waals surface area contributed by atoms with Gasteiger partial charge in [0.2, 0.25) is 5.82 Å². The highest BCUT2D eigenvalue weighted by Crippen LogP contribution is 2.30. The molecule has 100 valence electrons. The second kappa shape index (κ2) is 5.99. The lowest BCUT2D eigenvalue weighted by molar-refractivity contribution is 0.412. The zero-order valence-electron chi connectivity index (χ0n) is 10.2. The molecule has 0 unspecified atom stereocenters. The van der Waals surface area contributed by atoms with Gasteiger partial charge < -0.3 is 10.1 Å². The molecule has 19 heavy (non-hydrogen) atoms. The first-order valence-corrected chi connectivity index (χ1v) is 6.04. The van der Waals surface area contributed by atoms with Crippen molar-refractivity contribution in [2.24, 2.45) is 0 Å². The molecule has 0 amide bonds. The molecule has 2 nitrogen and oxygen atoms in total. The number of halogens is 3. The standard InChI is InChI=1S/C14H12ClF2NO/c1-18-8-9-7-10(15)5-6-12(9)19-13-4-2-3-11(16)14(13)17/h2-7,18H,8H2,1H3. The van der Waals surface area contributed by atoms with Crippen LogP contribution in [0.1, 0.15) is 5.56 Å². The highest BCUT2D eigenvalue weighted by Gasteiger charge is 2.12. The lowest BCUT2D eigenvalue weighted by Gasteiger charge is -2.12. The second-order valence-electron chi connectivity index (χ2n) is 3.94. The predicted molar refractivity (Wildman–Crippen MR) is 70.6 cm³/mol. The van der Waals surface area contributed by atoms with E-state index < -0.39 is 11.6 Å². The highest BCUT2D eigenvalue weighted by atomic mass is 35.5. The molecule has 0 saturated heterocycles. The Labute approximate surface area is 115 Å². The van der Waals surface area contributed by atoms with Gasteiger partial charge in [-0.25, -0.2) is 4.39 Å². The molecule has 0 heterocycles. The minimum Gasteiger partial charge on any atom is -0.454 e. The Bertz CT molecular complexity index is 590. The fourth-order valence-electron chi connectivity index (χ4n) is 1.66. The van der Waals surface area contributed by atoms with Crippen LogP contribution in [-0.2, 0) is 6.54 Å². The molecule has 0 aromatic heterocycles. The van der Waals surface area contributed by atoms with Crippen molar-refractivity contribution in [3.8, 4) is 11.5 Å². The van der Waals surface area contributed by atoms with Crippen LogP contribution in [0.5, 0.6) is 11.5 Å². The van der Waals surface area contributed by atoms with Crippen LogP contribution in [-0.4, -0.2) is 7.05 Å². The van der Waals surface area contributed by atoms with E-state index in [9.17, 15) is 8.78 Å². The van der Waals surface area contributed by atoms with Crippen LogP contribution < -0.4 is 10.1 Å². The molecular weight excluding hydrogens is 272 g/mol. The summed E-state index contributed by atoms with van der Waals surface area (Å²) >= 11 is 5.89. The zero-order chi connectivity index (χ0) is 13.8. The van der Waals surface area contributed by atoms with Crippen LogP contribution in [0.25, 0.3) is 0 Å². The van der Waals surface area contributed by atoms with Gasteiger partial charge in [-0.3, -0.25) is 0 Å². The van der Waals surface area contributed by atoms with E-state index in [4.69, 9.17) is 16.3 Å². The first-order valence-electron chi connectivity index (χ1n) is 5.66. The fraction of sp³-hybridized carbons (Fsp3) is 0.143. The van der Waals surface area contributed by atoms with Crippen LogP contribution in [0.2, 0.25) is 5.02 Å². The van der Waals surface area contributed by atoms with Gasteiger partial charge in [0.15, 0.2) is 11.6 Å². The van der Waals surface area contributed by atoms with Crippen molar-refractivity contribution in [3.63, 3.8) is 0 Å². The van der Waals surface area contributed by atoms with Crippen LogP contribution in [0, 0.1) is 11.6 Å². The number of rotatable bonds is 4. The summed E-state index contributed by atoms with van der Waals surface area (Å²) < 4.78 is 32.1. The van der Waals surface area contributed by atoms with Gasteiger partial charge in [0.1, 0.15) is 5.75 Å². The van der Waals surface area contributed by atoms with Crippen LogP contribution in [0.4, 0.5) is 8.78 Å². The van der Waals surface area contributed by atoms with E-state index >= 15 is 0 Å². The average molecular weight is 284 g/mol. The van der Waals surface area contributed by atoms with Gasteiger partial charge in [-0.2, -0.15) is 4.39 Å². The Morgan fingerprint density at radius 1 is 1.16 bits per heavy atom. The van der Waals surface area contributed by atoms with Crippen LogP contribution >= 0.6 is 11.6 Å². The van der Waals surface area contributed by atoms with E-state index in [0.29, 0.717) is 17.3 Å². The number of ether oxygens (including phenoxy) is 1. The van der Waals surface area contributed by atoms with Gasteiger partial charge in [-0.15, -0.1) is 0 Å². The molecule has 1 N–H and O–H groups in total. The first kappa shape index (κ1) is 13.8. The molecule has 0 spiro atoms. The van der Waals surface area contributed by atoms with Gasteiger partial charge in [0.05, 0.1) is 0 Å². The lowest BCUT2D eigenvalue weighted by atomic mass is 10.2. The largest absolute Gasteiger partial charge is 0.454 e. The van der Waals surface area contributed by atoms with E-state index in [-0.39, 0.29) is 5.75 Å². The molecule has 2 aromatic carbocycles. The molecule has 0 atom stereocenters. The Morgan fingerprint density at radius 3 is 2.68 bits per heavy atom. The van der Waals surface area contributed by atoms with Crippen molar-refractivity contribution in [1.82, 2.24) is 5.32 Å². The van der Waals surface area contributed by atoms with Crippen molar-refractivity contribution in [1.29, 1.82) is 0 Å². The fourth-order valence-corrected chi connectivity index (χ4v) is 1.85. The van der Waals surface area contributed by atoms with Crippen LogP contribution in [0.3, 0.4) is 0 Å². The summed E-state index contributed by atoms with van der Waals surface area (Å²) in [5.74, 6) is -1.67. The third-order valence-corrected chi connectivity index (χ3v) is 2.76. The summed E-state index contributed by atoms with van der Waals surface area (Å²) in [4.78, 5) is 0. The van der Waals surface area contributed by atoms with Crippen LogP contribution in [0.15, 0.2) is 36.4 Å². The van der Waals surface area contributed by atoms with Crippen molar-refractivity contribution in [3.05, 3.63) is 58.6 Å². The molecule has 2 rings (SSSR count). The normalized spacial score (nSPS) is 10.5. The Kier molecular flexibility index (Phi) is 4.35. The van der Waals surface area contributed by atoms with E-state index in [1.54, 1.807) is 25.2 Å². The lowest BCUT2D eigenvalue weighted by Crippen LogP contribution is -2.06. The van der Waals surface area contributed by atoms with E-state index in [2.05, 4.69) is 5.32 Å². The van der Waals surface area contributed by atoms with E-state index in [0.717, 1.165) is 11.6 Å². The topological polar surface area (TPSA) is 21.3 Å². The highest BCUT2D eigenvalue weighted by molar-refractivity contribution is 6.30. The number of hydrogen-bond donors (Lipinski definition) is 1. The Morgan fingerprint density at radius 2 is 1.95 bits per heavy atom. The monoisotopic (exact) mass is 283 g/mol. The number of hydrogen-bond acceptors (Lipinski definition) is 2. The molecule has 0 radical (unpaired) electrons. The number of nitrogens with one attached hydrogen (secondary N) is 1. The predicted octanol–water partition coefficient (Wildman–Crippen LogP) is 4.13. The van der Waals surface area contributed by atoms with Gasteiger partial charge in [-0.1, -0.05) is 17.7 Å². The van der Waals surface area contributed by atoms with Gasteiger partial charge in [0, 0.05) is 17.1 Å². The maximum Gasteiger partial charge on any atom is 0.201 e. The molecule has 0 aliphatic heterocycles. The molecule has 5 heteroatoms. The van der Waals surface area contributed by atoms with E-state index in [1.807, 2.05) is 0 Å². The second-order valence-corrected chi connectivity index (χ2v) is 4.37. The summed E-state index contributed by atoms with van der Waals surface area (Å²) in [7, 11) is 1.77. The van der Waals surface area contributed by atoms with Crippen molar-refractivity contribution in [2.45, 2.75) is 6.54 Å².